The van der Waals surface area contributed by atoms with Crippen molar-refractivity contribution in [3.63, 3.8) is 0 Å². The Morgan fingerprint density at radius 1 is 1.42 bits per heavy atom. The summed E-state index contributed by atoms with van der Waals surface area (Å²) < 4.78 is 7.31. The monoisotopic (exact) mass is 324 g/mol. The number of nitrogens with one attached hydrogen (secondary N) is 1. The van der Waals surface area contributed by atoms with E-state index in [0.717, 1.165) is 23.6 Å². The van der Waals surface area contributed by atoms with Gasteiger partial charge in [0, 0.05) is 6.07 Å². The summed E-state index contributed by atoms with van der Waals surface area (Å²) in [6.07, 6.45) is 0.826. The summed E-state index contributed by atoms with van der Waals surface area (Å²) in [5.74, 6) is 1.20. The number of hydrogen-bond acceptors (Lipinski definition) is 2. The fraction of sp³-hybridized carbons (Fsp3) is 0.357. The van der Waals surface area contributed by atoms with Gasteiger partial charge in [-0.05, 0) is 40.4 Å². The molecule has 5 heteroatoms. The van der Waals surface area contributed by atoms with Crippen LogP contribution in [0.5, 0.6) is 5.75 Å². The van der Waals surface area contributed by atoms with Crippen LogP contribution < -0.4 is 10.3 Å². The molecular weight excluding hydrogens is 308 g/mol. The lowest BCUT2D eigenvalue weighted by molar-refractivity contribution is 0.414. The van der Waals surface area contributed by atoms with Crippen molar-refractivity contribution in [3.05, 3.63) is 44.8 Å². The van der Waals surface area contributed by atoms with Crippen LogP contribution in [0.1, 0.15) is 19.5 Å². The largest absolute Gasteiger partial charge is 0.497 e. The predicted molar refractivity (Wildman–Crippen MR) is 79.2 cm³/mol. The molecule has 0 radical (unpaired) electrons. The maximum Gasteiger partial charge on any atom is 0.285 e. The predicted octanol–water partition coefficient (Wildman–Crippen LogP) is 3.14. The Balaban J connectivity index is 2.47. The third-order valence-corrected chi connectivity index (χ3v) is 3.64. The maximum atomic E-state index is 12.2. The summed E-state index contributed by atoms with van der Waals surface area (Å²) in [6.45, 7) is 4.24. The molecule has 0 fully saturated rings. The number of nitrogens with zero attached hydrogens (tertiary/aromatic N) is 1. The van der Waals surface area contributed by atoms with E-state index in [4.69, 9.17) is 4.74 Å². The van der Waals surface area contributed by atoms with Gasteiger partial charge < -0.3 is 4.74 Å². The lowest BCUT2D eigenvalue weighted by atomic mass is 10.1. The van der Waals surface area contributed by atoms with E-state index in [1.54, 1.807) is 7.11 Å². The Kier molecular flexibility index (Phi) is 4.14. The van der Waals surface area contributed by atoms with Crippen LogP contribution in [-0.2, 0) is 6.42 Å². The quantitative estimate of drug-likeness (QED) is 0.939. The van der Waals surface area contributed by atoms with Gasteiger partial charge in [-0.2, -0.15) is 0 Å². The molecule has 0 amide bonds. The minimum Gasteiger partial charge on any atom is -0.497 e. The number of ether oxygens (including phenoxy) is 1. The van der Waals surface area contributed by atoms with E-state index in [1.165, 1.54) is 4.68 Å². The molecule has 0 aliphatic heterocycles. The van der Waals surface area contributed by atoms with Crippen LogP contribution in [-0.4, -0.2) is 16.9 Å². The van der Waals surface area contributed by atoms with E-state index in [0.29, 0.717) is 10.4 Å². The van der Waals surface area contributed by atoms with Crippen molar-refractivity contribution in [2.75, 3.05) is 7.11 Å². The number of halogens is 1. The Morgan fingerprint density at radius 3 is 2.79 bits per heavy atom. The van der Waals surface area contributed by atoms with Gasteiger partial charge in [-0.25, -0.2) is 4.68 Å². The number of H-pyrrole nitrogens is 1. The Bertz CT molecular complexity index is 629. The van der Waals surface area contributed by atoms with Gasteiger partial charge >= 0.3 is 0 Å². The van der Waals surface area contributed by atoms with Crippen molar-refractivity contribution in [2.45, 2.75) is 20.3 Å². The van der Waals surface area contributed by atoms with Crippen LogP contribution in [0.2, 0.25) is 0 Å². The summed E-state index contributed by atoms with van der Waals surface area (Å²) >= 11 is 3.37. The fourth-order valence-electron chi connectivity index (χ4n) is 1.94. The molecule has 1 heterocycles. The lowest BCUT2D eigenvalue weighted by Crippen LogP contribution is -2.14. The lowest BCUT2D eigenvalue weighted by Gasteiger charge is -2.05. The van der Waals surface area contributed by atoms with Gasteiger partial charge in [-0.3, -0.25) is 9.89 Å². The number of hydrogen-bond donors (Lipinski definition) is 1. The molecule has 1 aromatic heterocycles. The number of aromatic amines is 1. The smallest absolute Gasteiger partial charge is 0.285 e. The second-order valence-electron chi connectivity index (χ2n) is 4.84. The average molecular weight is 325 g/mol. The first-order valence-electron chi connectivity index (χ1n) is 6.16. The van der Waals surface area contributed by atoms with Gasteiger partial charge in [-0.1, -0.05) is 19.9 Å². The van der Waals surface area contributed by atoms with E-state index in [-0.39, 0.29) is 5.56 Å². The Morgan fingerprint density at radius 2 is 2.16 bits per heavy atom. The SMILES string of the molecule is COc1cccc(-n2[nH]c(CC(C)C)c(Br)c2=O)c1. The van der Waals surface area contributed by atoms with E-state index < -0.39 is 0 Å². The van der Waals surface area contributed by atoms with Crippen LogP contribution in [0.25, 0.3) is 5.69 Å². The topological polar surface area (TPSA) is 47.0 Å². The first kappa shape index (κ1) is 13.9. The van der Waals surface area contributed by atoms with Crippen LogP contribution in [0.15, 0.2) is 33.5 Å². The van der Waals surface area contributed by atoms with E-state index in [2.05, 4.69) is 34.9 Å². The molecule has 0 aliphatic carbocycles. The maximum absolute atomic E-state index is 12.2. The summed E-state index contributed by atoms with van der Waals surface area (Å²) in [7, 11) is 1.61. The normalized spacial score (nSPS) is 11.0. The number of benzene rings is 1. The highest BCUT2D eigenvalue weighted by atomic mass is 79.9. The molecule has 0 saturated heterocycles. The van der Waals surface area contributed by atoms with Crippen molar-refractivity contribution < 1.29 is 4.74 Å². The van der Waals surface area contributed by atoms with Gasteiger partial charge in [0.25, 0.3) is 5.56 Å². The zero-order chi connectivity index (χ0) is 14.0. The van der Waals surface area contributed by atoms with E-state index >= 15 is 0 Å². The molecule has 2 rings (SSSR count). The highest BCUT2D eigenvalue weighted by molar-refractivity contribution is 9.10. The Hall–Kier alpha value is -1.49. The van der Waals surface area contributed by atoms with Crippen LogP contribution in [0.3, 0.4) is 0 Å². The molecule has 4 nitrogen and oxygen atoms in total. The standard InChI is InChI=1S/C14H17BrN2O2/c1-9(2)7-12-13(15)14(18)17(16-12)10-5-4-6-11(8-10)19-3/h4-6,8-9,16H,7H2,1-3H3. The van der Waals surface area contributed by atoms with Crippen LogP contribution in [0.4, 0.5) is 0 Å². The third kappa shape index (κ3) is 2.92. The van der Waals surface area contributed by atoms with Crippen LogP contribution >= 0.6 is 15.9 Å². The van der Waals surface area contributed by atoms with Gasteiger partial charge in [0.1, 0.15) is 10.2 Å². The second kappa shape index (κ2) is 5.65. The van der Waals surface area contributed by atoms with Crippen molar-refractivity contribution in [1.82, 2.24) is 9.78 Å². The van der Waals surface area contributed by atoms with Crippen molar-refractivity contribution in [1.29, 1.82) is 0 Å². The summed E-state index contributed by atoms with van der Waals surface area (Å²) in [4.78, 5) is 12.2. The van der Waals surface area contributed by atoms with E-state index in [1.807, 2.05) is 24.3 Å². The molecule has 102 valence electrons. The first-order chi connectivity index (χ1) is 9.02. The minimum absolute atomic E-state index is 0.0797. The molecule has 1 aromatic carbocycles. The summed E-state index contributed by atoms with van der Waals surface area (Å²) in [6, 6.07) is 7.40. The number of methoxy groups -OCH3 is 1. The number of rotatable bonds is 4. The first-order valence-corrected chi connectivity index (χ1v) is 6.96. The van der Waals surface area contributed by atoms with E-state index in [9.17, 15) is 4.79 Å². The van der Waals surface area contributed by atoms with Crippen molar-refractivity contribution in [2.24, 2.45) is 5.92 Å². The molecule has 1 N–H and O–H groups in total. The van der Waals surface area contributed by atoms with Gasteiger partial charge in [0.05, 0.1) is 18.5 Å². The number of aromatic nitrogens is 2. The minimum atomic E-state index is -0.0797. The summed E-state index contributed by atoms with van der Waals surface area (Å²) in [5.41, 5.74) is 1.60. The van der Waals surface area contributed by atoms with Gasteiger partial charge in [0.15, 0.2) is 0 Å². The zero-order valence-electron chi connectivity index (χ0n) is 11.2. The van der Waals surface area contributed by atoms with Crippen molar-refractivity contribution in [3.8, 4) is 11.4 Å². The molecular formula is C14H17BrN2O2. The molecule has 2 aromatic rings. The molecule has 0 saturated carbocycles. The molecule has 0 spiro atoms. The third-order valence-electron chi connectivity index (χ3n) is 2.83. The molecule has 19 heavy (non-hydrogen) atoms. The summed E-state index contributed by atoms with van der Waals surface area (Å²) in [5, 5.41) is 3.15. The second-order valence-corrected chi connectivity index (χ2v) is 5.64. The highest BCUT2D eigenvalue weighted by Crippen LogP contribution is 2.19. The highest BCUT2D eigenvalue weighted by Gasteiger charge is 2.14. The average Bonchev–Trinajstić information content (AvgIpc) is 2.67. The van der Waals surface area contributed by atoms with Crippen LogP contribution in [0, 0.1) is 5.92 Å². The molecule has 0 unspecified atom stereocenters. The van der Waals surface area contributed by atoms with Gasteiger partial charge in [-0.15, -0.1) is 0 Å². The Labute approximate surface area is 120 Å². The van der Waals surface area contributed by atoms with Crippen molar-refractivity contribution >= 4 is 15.9 Å². The molecule has 0 bridgehead atoms. The molecule has 0 atom stereocenters. The van der Waals surface area contributed by atoms with Gasteiger partial charge in [0.2, 0.25) is 0 Å². The molecule has 0 aliphatic rings. The zero-order valence-corrected chi connectivity index (χ0v) is 12.8. The fourth-order valence-corrected chi connectivity index (χ4v) is 2.36.